The standard InChI is InChI=1S/C23H29N5O3S2/c29-22(27-9-11-31-12-10-27)16-25-5-7-26(8-6-25)17-23(30)28-19(21-4-2-14-33-21)15-18(24-28)20-3-1-13-32-20/h1-4,13-14,19H,5-12,15-17H2/t19-/m1/s1. The third-order valence-corrected chi connectivity index (χ3v) is 8.28. The van der Waals surface area contributed by atoms with E-state index in [0.29, 0.717) is 39.4 Å². The number of hydrazone groups is 1. The molecule has 1 atom stereocenters. The maximum absolute atomic E-state index is 13.3. The summed E-state index contributed by atoms with van der Waals surface area (Å²) in [6.45, 7) is 6.57. The fourth-order valence-electron chi connectivity index (χ4n) is 4.51. The first-order chi connectivity index (χ1) is 16.2. The van der Waals surface area contributed by atoms with Gasteiger partial charge in [0.2, 0.25) is 5.91 Å². The molecule has 3 aliphatic rings. The van der Waals surface area contributed by atoms with Gasteiger partial charge in [-0.25, -0.2) is 5.01 Å². The van der Waals surface area contributed by atoms with Gasteiger partial charge < -0.3 is 9.64 Å². The van der Waals surface area contributed by atoms with Gasteiger partial charge >= 0.3 is 0 Å². The van der Waals surface area contributed by atoms with E-state index in [4.69, 9.17) is 9.84 Å². The second kappa shape index (κ2) is 10.4. The summed E-state index contributed by atoms with van der Waals surface area (Å²) in [4.78, 5) is 34.4. The number of hydrogen-bond donors (Lipinski definition) is 0. The number of rotatable bonds is 6. The first-order valence-electron chi connectivity index (χ1n) is 11.4. The zero-order chi connectivity index (χ0) is 22.6. The van der Waals surface area contributed by atoms with Crippen LogP contribution in [0.4, 0.5) is 0 Å². The number of carbonyl (C=O) groups is 2. The van der Waals surface area contributed by atoms with Crippen LogP contribution in [0.1, 0.15) is 22.2 Å². The molecule has 0 aromatic carbocycles. The van der Waals surface area contributed by atoms with Gasteiger partial charge in [-0.05, 0) is 22.9 Å². The molecule has 2 aromatic heterocycles. The fourth-order valence-corrected chi connectivity index (χ4v) is 6.04. The Morgan fingerprint density at radius 2 is 1.58 bits per heavy atom. The highest BCUT2D eigenvalue weighted by Gasteiger charge is 2.35. The van der Waals surface area contributed by atoms with Gasteiger partial charge in [0.15, 0.2) is 0 Å². The predicted octanol–water partition coefficient (Wildman–Crippen LogP) is 1.96. The lowest BCUT2D eigenvalue weighted by atomic mass is 10.1. The van der Waals surface area contributed by atoms with Crippen molar-refractivity contribution >= 4 is 40.2 Å². The first-order valence-corrected chi connectivity index (χ1v) is 13.2. The second-order valence-corrected chi connectivity index (χ2v) is 10.5. The van der Waals surface area contributed by atoms with Gasteiger partial charge in [0, 0.05) is 50.6 Å². The summed E-state index contributed by atoms with van der Waals surface area (Å²) < 4.78 is 5.33. The van der Waals surface area contributed by atoms with Gasteiger partial charge in [0.1, 0.15) is 0 Å². The molecule has 0 spiro atoms. The molecule has 0 saturated carbocycles. The molecule has 2 aromatic rings. The van der Waals surface area contributed by atoms with Crippen LogP contribution in [0, 0.1) is 0 Å². The Morgan fingerprint density at radius 3 is 2.21 bits per heavy atom. The van der Waals surface area contributed by atoms with Crippen molar-refractivity contribution in [1.82, 2.24) is 19.7 Å². The Labute approximate surface area is 202 Å². The molecule has 33 heavy (non-hydrogen) atoms. The van der Waals surface area contributed by atoms with Crippen molar-refractivity contribution < 1.29 is 14.3 Å². The molecule has 10 heteroatoms. The van der Waals surface area contributed by atoms with Crippen LogP contribution in [0.15, 0.2) is 40.1 Å². The van der Waals surface area contributed by atoms with Gasteiger partial charge in [0.05, 0.1) is 42.9 Å². The van der Waals surface area contributed by atoms with E-state index >= 15 is 0 Å². The smallest absolute Gasteiger partial charge is 0.257 e. The van der Waals surface area contributed by atoms with Crippen LogP contribution in [-0.2, 0) is 14.3 Å². The quantitative estimate of drug-likeness (QED) is 0.623. The Morgan fingerprint density at radius 1 is 0.909 bits per heavy atom. The third kappa shape index (κ3) is 5.36. The molecule has 0 radical (unpaired) electrons. The maximum atomic E-state index is 13.3. The van der Waals surface area contributed by atoms with E-state index in [1.807, 2.05) is 22.4 Å². The number of nitrogens with zero attached hydrogens (tertiary/aromatic N) is 5. The van der Waals surface area contributed by atoms with Gasteiger partial charge in [-0.2, -0.15) is 5.10 Å². The number of morpholine rings is 1. The molecule has 0 unspecified atom stereocenters. The molecule has 8 nitrogen and oxygen atoms in total. The molecule has 176 valence electrons. The average Bonchev–Trinajstić information content (AvgIpc) is 3.62. The topological polar surface area (TPSA) is 68.7 Å². The van der Waals surface area contributed by atoms with Crippen molar-refractivity contribution in [2.75, 3.05) is 65.6 Å². The summed E-state index contributed by atoms with van der Waals surface area (Å²) in [5, 5.41) is 10.6. The predicted molar refractivity (Wildman–Crippen MR) is 130 cm³/mol. The number of piperazine rings is 1. The highest BCUT2D eigenvalue weighted by atomic mass is 32.1. The molecule has 3 aliphatic heterocycles. The van der Waals surface area contributed by atoms with E-state index in [0.717, 1.165) is 43.2 Å². The molecule has 0 bridgehead atoms. The van der Waals surface area contributed by atoms with Crippen molar-refractivity contribution in [1.29, 1.82) is 0 Å². The van der Waals surface area contributed by atoms with Crippen LogP contribution in [0.25, 0.3) is 0 Å². The van der Waals surface area contributed by atoms with Crippen LogP contribution in [-0.4, -0.2) is 103 Å². The van der Waals surface area contributed by atoms with Crippen LogP contribution >= 0.6 is 22.7 Å². The Hall–Kier alpha value is -2.11. The second-order valence-electron chi connectivity index (χ2n) is 8.54. The molecule has 5 heterocycles. The summed E-state index contributed by atoms with van der Waals surface area (Å²) >= 11 is 3.34. The number of thiophene rings is 2. The van der Waals surface area contributed by atoms with Crippen molar-refractivity contribution in [3.8, 4) is 0 Å². The number of carbonyl (C=O) groups excluding carboxylic acids is 2. The molecule has 2 fully saturated rings. The SMILES string of the molecule is O=C(CN1CCN(CC(=O)N2N=C(c3cccs3)C[C@@H]2c2cccs2)CC1)N1CCOCC1. The minimum atomic E-state index is -0.0259. The highest BCUT2D eigenvalue weighted by Crippen LogP contribution is 2.36. The lowest BCUT2D eigenvalue weighted by molar-refractivity contribution is -0.138. The summed E-state index contributed by atoms with van der Waals surface area (Å²) in [6, 6.07) is 8.19. The lowest BCUT2D eigenvalue weighted by Gasteiger charge is -2.36. The molecule has 0 aliphatic carbocycles. The van der Waals surface area contributed by atoms with Crippen LogP contribution in [0.3, 0.4) is 0 Å². The highest BCUT2D eigenvalue weighted by molar-refractivity contribution is 7.12. The normalized spacial score (nSPS) is 22.5. The largest absolute Gasteiger partial charge is 0.378 e. The van der Waals surface area contributed by atoms with E-state index in [2.05, 4.69) is 27.3 Å². The number of hydrogen-bond acceptors (Lipinski definition) is 8. The lowest BCUT2D eigenvalue weighted by Crippen LogP contribution is -2.53. The average molecular weight is 488 g/mol. The molecule has 2 amide bonds. The monoisotopic (exact) mass is 487 g/mol. The van der Waals surface area contributed by atoms with Gasteiger partial charge in [-0.3, -0.25) is 19.4 Å². The summed E-state index contributed by atoms with van der Waals surface area (Å²) in [5.41, 5.74) is 0.989. The van der Waals surface area contributed by atoms with Crippen LogP contribution < -0.4 is 0 Å². The zero-order valence-corrected chi connectivity index (χ0v) is 20.2. The minimum Gasteiger partial charge on any atom is -0.378 e. The van der Waals surface area contributed by atoms with E-state index in [1.165, 1.54) is 4.88 Å². The third-order valence-electron chi connectivity index (χ3n) is 6.39. The van der Waals surface area contributed by atoms with Crippen molar-refractivity contribution in [2.24, 2.45) is 5.10 Å². The molecular formula is C23H29N5O3S2. The molecule has 5 rings (SSSR count). The Balaban J connectivity index is 1.16. The summed E-state index contributed by atoms with van der Waals surface area (Å²) in [7, 11) is 0. The van der Waals surface area contributed by atoms with E-state index < -0.39 is 0 Å². The zero-order valence-electron chi connectivity index (χ0n) is 18.6. The molecular weight excluding hydrogens is 458 g/mol. The molecule has 2 saturated heterocycles. The van der Waals surface area contributed by atoms with E-state index in [1.54, 1.807) is 27.7 Å². The van der Waals surface area contributed by atoms with Crippen LogP contribution in [0.2, 0.25) is 0 Å². The Kier molecular flexibility index (Phi) is 7.17. The van der Waals surface area contributed by atoms with Gasteiger partial charge in [-0.1, -0.05) is 12.1 Å². The van der Waals surface area contributed by atoms with Crippen molar-refractivity contribution in [2.45, 2.75) is 12.5 Å². The molecule has 0 N–H and O–H groups in total. The van der Waals surface area contributed by atoms with Crippen molar-refractivity contribution in [3.05, 3.63) is 44.8 Å². The van der Waals surface area contributed by atoms with Crippen LogP contribution in [0.5, 0.6) is 0 Å². The van der Waals surface area contributed by atoms with E-state index in [-0.39, 0.29) is 17.9 Å². The Bertz CT molecular complexity index is 964. The maximum Gasteiger partial charge on any atom is 0.257 e. The summed E-state index contributed by atoms with van der Waals surface area (Å²) in [6.07, 6.45) is 0.754. The number of ether oxygens (including phenoxy) is 1. The van der Waals surface area contributed by atoms with Crippen molar-refractivity contribution in [3.63, 3.8) is 0 Å². The number of amides is 2. The first kappa shape index (κ1) is 22.7. The van der Waals surface area contributed by atoms with E-state index in [9.17, 15) is 9.59 Å². The van der Waals surface area contributed by atoms with Gasteiger partial charge in [0.25, 0.3) is 5.91 Å². The summed E-state index contributed by atoms with van der Waals surface area (Å²) in [5.74, 6) is 0.215. The minimum absolute atomic E-state index is 0.0259. The van der Waals surface area contributed by atoms with Gasteiger partial charge in [-0.15, -0.1) is 22.7 Å². The fraction of sp³-hybridized carbons (Fsp3) is 0.522.